The Labute approximate surface area is 116 Å². The Balaban J connectivity index is 1.87. The summed E-state index contributed by atoms with van der Waals surface area (Å²) in [4.78, 5) is 4.83. The van der Waals surface area contributed by atoms with Gasteiger partial charge in [-0.1, -0.05) is 12.1 Å². The average molecular weight is 259 g/mol. The van der Waals surface area contributed by atoms with Crippen molar-refractivity contribution in [1.82, 2.24) is 4.90 Å². The highest BCUT2D eigenvalue weighted by molar-refractivity contribution is 5.56. The van der Waals surface area contributed by atoms with Crippen LogP contribution in [0.25, 0.3) is 0 Å². The maximum Gasteiger partial charge on any atom is 0.0470 e. The number of anilines is 1. The summed E-state index contributed by atoms with van der Waals surface area (Å²) < 4.78 is 0. The lowest BCUT2D eigenvalue weighted by atomic mass is 9.96. The Bertz CT molecular complexity index is 453. The summed E-state index contributed by atoms with van der Waals surface area (Å²) in [6, 6.07) is 8.09. The van der Waals surface area contributed by atoms with E-state index in [-0.39, 0.29) is 0 Å². The molecule has 2 aliphatic rings. The number of nitrogens with two attached hydrogens (primary N) is 1. The van der Waals surface area contributed by atoms with Gasteiger partial charge in [-0.15, -0.1) is 0 Å². The zero-order chi connectivity index (χ0) is 13.4. The smallest absolute Gasteiger partial charge is 0.0470 e. The van der Waals surface area contributed by atoms with Crippen LogP contribution in [0.5, 0.6) is 0 Å². The van der Waals surface area contributed by atoms with E-state index in [9.17, 15) is 0 Å². The van der Waals surface area contributed by atoms with Gasteiger partial charge in [-0.3, -0.25) is 4.90 Å². The van der Waals surface area contributed by atoms with Crippen LogP contribution in [0.4, 0.5) is 5.69 Å². The molecule has 2 N–H and O–H groups in total. The first-order valence-electron chi connectivity index (χ1n) is 7.46. The molecule has 1 aliphatic carbocycles. The maximum atomic E-state index is 6.02. The Morgan fingerprint density at radius 3 is 2.89 bits per heavy atom. The number of benzene rings is 1. The van der Waals surface area contributed by atoms with E-state index in [1.807, 2.05) is 0 Å². The van der Waals surface area contributed by atoms with Gasteiger partial charge in [-0.05, 0) is 49.9 Å². The zero-order valence-corrected chi connectivity index (χ0v) is 12.1. The van der Waals surface area contributed by atoms with Crippen LogP contribution in [0.15, 0.2) is 18.2 Å². The predicted molar refractivity (Wildman–Crippen MR) is 80.6 cm³/mol. The van der Waals surface area contributed by atoms with Crippen molar-refractivity contribution >= 4 is 5.69 Å². The number of hydrogen-bond donors (Lipinski definition) is 1. The van der Waals surface area contributed by atoms with Crippen LogP contribution >= 0.6 is 0 Å². The minimum absolute atomic E-state index is 0.380. The van der Waals surface area contributed by atoms with Crippen molar-refractivity contribution in [2.75, 3.05) is 32.1 Å². The van der Waals surface area contributed by atoms with Crippen LogP contribution in [0.2, 0.25) is 0 Å². The van der Waals surface area contributed by atoms with Gasteiger partial charge in [-0.25, -0.2) is 0 Å². The SMILES string of the molecule is CN1CCCc2cc(C(CN)N(C)C3CC3)ccc21. The molecule has 1 aromatic rings. The molecule has 1 unspecified atom stereocenters. The highest BCUT2D eigenvalue weighted by Gasteiger charge is 2.31. The molecule has 1 atom stereocenters. The second-order valence-corrected chi connectivity index (χ2v) is 6.06. The van der Waals surface area contributed by atoms with Gasteiger partial charge >= 0.3 is 0 Å². The highest BCUT2D eigenvalue weighted by Crippen LogP contribution is 2.34. The molecule has 3 nitrogen and oxygen atoms in total. The summed E-state index contributed by atoms with van der Waals surface area (Å²) in [6.45, 7) is 1.89. The molecule has 0 aromatic heterocycles. The third-order valence-corrected chi connectivity index (χ3v) is 4.68. The lowest BCUT2D eigenvalue weighted by molar-refractivity contribution is 0.240. The fourth-order valence-electron chi connectivity index (χ4n) is 3.29. The maximum absolute atomic E-state index is 6.02. The summed E-state index contributed by atoms with van der Waals surface area (Å²) in [5.41, 5.74) is 10.3. The quantitative estimate of drug-likeness (QED) is 0.899. The molecule has 0 bridgehead atoms. The number of aryl methyl sites for hydroxylation is 1. The molecule has 3 heteroatoms. The van der Waals surface area contributed by atoms with Gasteiger partial charge in [0.2, 0.25) is 0 Å². The molecule has 0 saturated heterocycles. The third kappa shape index (κ3) is 2.49. The second kappa shape index (κ2) is 5.14. The van der Waals surface area contributed by atoms with Crippen LogP contribution < -0.4 is 10.6 Å². The van der Waals surface area contributed by atoms with Crippen LogP contribution in [0.3, 0.4) is 0 Å². The Kier molecular flexibility index (Phi) is 3.50. The molecular formula is C16H25N3. The zero-order valence-electron chi connectivity index (χ0n) is 12.1. The van der Waals surface area contributed by atoms with E-state index in [1.54, 1.807) is 0 Å². The predicted octanol–water partition coefficient (Wildman–Crippen LogP) is 2.16. The number of fused-ring (bicyclic) bond motifs is 1. The number of nitrogens with zero attached hydrogens (tertiary/aromatic N) is 2. The molecule has 104 valence electrons. The van der Waals surface area contributed by atoms with Crippen molar-refractivity contribution in [3.63, 3.8) is 0 Å². The van der Waals surface area contributed by atoms with Gasteiger partial charge in [0.05, 0.1) is 0 Å². The van der Waals surface area contributed by atoms with Crippen molar-refractivity contribution in [3.05, 3.63) is 29.3 Å². The van der Waals surface area contributed by atoms with Crippen molar-refractivity contribution in [1.29, 1.82) is 0 Å². The van der Waals surface area contributed by atoms with Gasteiger partial charge in [0.15, 0.2) is 0 Å². The first-order valence-corrected chi connectivity index (χ1v) is 7.46. The van der Waals surface area contributed by atoms with Crippen LogP contribution in [0.1, 0.15) is 36.4 Å². The lowest BCUT2D eigenvalue weighted by Crippen LogP contribution is -2.32. The van der Waals surface area contributed by atoms with E-state index >= 15 is 0 Å². The molecule has 1 heterocycles. The molecule has 1 saturated carbocycles. The normalized spacial score (nSPS) is 20.5. The van der Waals surface area contributed by atoms with Crippen LogP contribution in [0, 0.1) is 0 Å². The van der Waals surface area contributed by atoms with Crippen LogP contribution in [-0.4, -0.2) is 38.1 Å². The molecule has 3 rings (SSSR count). The number of hydrogen-bond acceptors (Lipinski definition) is 3. The van der Waals surface area contributed by atoms with E-state index in [0.29, 0.717) is 12.6 Å². The van der Waals surface area contributed by atoms with Crippen molar-refractivity contribution < 1.29 is 0 Å². The molecule has 0 spiro atoms. The number of likely N-dealkylation sites (N-methyl/N-ethyl adjacent to an activating group) is 1. The summed E-state index contributed by atoms with van der Waals surface area (Å²) in [5.74, 6) is 0. The molecule has 1 aromatic carbocycles. The first-order chi connectivity index (χ1) is 9.20. The largest absolute Gasteiger partial charge is 0.374 e. The minimum Gasteiger partial charge on any atom is -0.374 e. The van der Waals surface area contributed by atoms with Gasteiger partial charge in [-0.2, -0.15) is 0 Å². The Morgan fingerprint density at radius 1 is 1.42 bits per heavy atom. The fourth-order valence-corrected chi connectivity index (χ4v) is 3.29. The summed E-state index contributed by atoms with van der Waals surface area (Å²) in [5, 5.41) is 0. The topological polar surface area (TPSA) is 32.5 Å². The van der Waals surface area contributed by atoms with Gasteiger partial charge < -0.3 is 10.6 Å². The Morgan fingerprint density at radius 2 is 2.21 bits per heavy atom. The standard InChI is InChI=1S/C16H25N3/c1-18-9-3-4-12-10-13(5-8-15(12)18)16(11-17)19(2)14-6-7-14/h5,8,10,14,16H,3-4,6-7,9,11,17H2,1-2H3. The number of rotatable bonds is 4. The van der Waals surface area contributed by atoms with E-state index in [0.717, 1.165) is 6.04 Å². The Hall–Kier alpha value is -1.06. The minimum atomic E-state index is 0.380. The molecular weight excluding hydrogens is 234 g/mol. The van der Waals surface area contributed by atoms with Crippen molar-refractivity contribution in [3.8, 4) is 0 Å². The third-order valence-electron chi connectivity index (χ3n) is 4.68. The monoisotopic (exact) mass is 259 g/mol. The second-order valence-electron chi connectivity index (χ2n) is 6.06. The van der Waals surface area contributed by atoms with Crippen molar-refractivity contribution in [2.45, 2.75) is 37.8 Å². The summed E-state index contributed by atoms with van der Waals surface area (Å²) in [6.07, 6.45) is 5.14. The van der Waals surface area contributed by atoms with E-state index in [1.165, 1.54) is 49.0 Å². The first kappa shape index (κ1) is 12.9. The van der Waals surface area contributed by atoms with Crippen LogP contribution in [-0.2, 0) is 6.42 Å². The van der Waals surface area contributed by atoms with Gasteiger partial charge in [0.1, 0.15) is 0 Å². The molecule has 0 amide bonds. The lowest BCUT2D eigenvalue weighted by Gasteiger charge is -2.31. The molecule has 1 aliphatic heterocycles. The average Bonchev–Trinajstić information content (AvgIpc) is 3.24. The van der Waals surface area contributed by atoms with E-state index < -0.39 is 0 Å². The highest BCUT2D eigenvalue weighted by atomic mass is 15.2. The summed E-state index contributed by atoms with van der Waals surface area (Å²) >= 11 is 0. The molecule has 0 radical (unpaired) electrons. The fraction of sp³-hybridized carbons (Fsp3) is 0.625. The van der Waals surface area contributed by atoms with Gasteiger partial charge in [0, 0.05) is 37.9 Å². The van der Waals surface area contributed by atoms with Crippen molar-refractivity contribution in [2.24, 2.45) is 5.73 Å². The van der Waals surface area contributed by atoms with E-state index in [4.69, 9.17) is 5.73 Å². The molecule has 19 heavy (non-hydrogen) atoms. The van der Waals surface area contributed by atoms with Gasteiger partial charge in [0.25, 0.3) is 0 Å². The molecule has 1 fully saturated rings. The summed E-state index contributed by atoms with van der Waals surface area (Å²) in [7, 11) is 4.41. The van der Waals surface area contributed by atoms with E-state index in [2.05, 4.69) is 42.1 Å².